The van der Waals surface area contributed by atoms with Crippen LogP contribution in [0.2, 0.25) is 0 Å². The summed E-state index contributed by atoms with van der Waals surface area (Å²) in [6.45, 7) is 2.00. The van der Waals surface area contributed by atoms with Crippen LogP contribution in [0.3, 0.4) is 0 Å². The van der Waals surface area contributed by atoms with Gasteiger partial charge in [0.1, 0.15) is 5.75 Å². The number of nitrogens with two attached hydrogens (primary N) is 1. The summed E-state index contributed by atoms with van der Waals surface area (Å²) in [6.07, 6.45) is 0.612. The van der Waals surface area contributed by atoms with Gasteiger partial charge in [-0.1, -0.05) is 54.5 Å². The zero-order valence-electron chi connectivity index (χ0n) is 14.3. The number of hydrogen-bond acceptors (Lipinski definition) is 5. The van der Waals surface area contributed by atoms with E-state index in [1.54, 1.807) is 7.11 Å². The standard InChI is InChI=1S/C19H21N3O2.ClH/c1-13(18(20)15-6-4-3-5-7-15)19-21-17(22-24-19)12-14-8-10-16(23-2)11-9-14;/h3-11,13,18H,12,20H2,1-2H3;1H. The van der Waals surface area contributed by atoms with Crippen LogP contribution in [-0.4, -0.2) is 17.3 Å². The maximum Gasteiger partial charge on any atom is 0.231 e. The summed E-state index contributed by atoms with van der Waals surface area (Å²) in [5.74, 6) is 2.00. The lowest BCUT2D eigenvalue weighted by Crippen LogP contribution is -2.17. The minimum absolute atomic E-state index is 0. The van der Waals surface area contributed by atoms with Crippen LogP contribution >= 0.6 is 12.4 Å². The highest BCUT2D eigenvalue weighted by Crippen LogP contribution is 2.27. The first-order chi connectivity index (χ1) is 11.7. The van der Waals surface area contributed by atoms with E-state index in [9.17, 15) is 0 Å². The predicted octanol–water partition coefficient (Wildman–Crippen LogP) is 3.89. The van der Waals surface area contributed by atoms with E-state index in [4.69, 9.17) is 15.0 Å². The molecule has 25 heavy (non-hydrogen) atoms. The lowest BCUT2D eigenvalue weighted by atomic mass is 9.95. The molecule has 1 heterocycles. The largest absolute Gasteiger partial charge is 0.497 e. The lowest BCUT2D eigenvalue weighted by Gasteiger charge is -2.16. The highest BCUT2D eigenvalue weighted by Gasteiger charge is 2.22. The Bertz CT molecular complexity index is 775. The molecule has 0 fully saturated rings. The van der Waals surface area contributed by atoms with Crippen molar-refractivity contribution in [1.82, 2.24) is 10.1 Å². The topological polar surface area (TPSA) is 74.2 Å². The number of benzene rings is 2. The third-order valence-corrected chi connectivity index (χ3v) is 4.12. The van der Waals surface area contributed by atoms with Crippen LogP contribution in [0, 0.1) is 0 Å². The van der Waals surface area contributed by atoms with Gasteiger partial charge >= 0.3 is 0 Å². The average Bonchev–Trinajstić information content (AvgIpc) is 3.10. The van der Waals surface area contributed by atoms with Crippen molar-refractivity contribution in [2.45, 2.75) is 25.3 Å². The Morgan fingerprint density at radius 3 is 2.40 bits per heavy atom. The minimum Gasteiger partial charge on any atom is -0.497 e. The normalized spacial score (nSPS) is 12.9. The Labute approximate surface area is 153 Å². The van der Waals surface area contributed by atoms with E-state index in [0.29, 0.717) is 18.1 Å². The zero-order chi connectivity index (χ0) is 16.9. The average molecular weight is 360 g/mol. The molecular formula is C19H22ClN3O2. The highest BCUT2D eigenvalue weighted by atomic mass is 35.5. The Balaban J connectivity index is 0.00000225. The van der Waals surface area contributed by atoms with E-state index in [1.165, 1.54) is 0 Å². The fourth-order valence-corrected chi connectivity index (χ4v) is 2.57. The Kier molecular flexibility index (Phi) is 6.56. The van der Waals surface area contributed by atoms with Crippen LogP contribution in [-0.2, 0) is 6.42 Å². The van der Waals surface area contributed by atoms with E-state index >= 15 is 0 Å². The molecule has 1 aromatic heterocycles. The van der Waals surface area contributed by atoms with Gasteiger partial charge in [-0.05, 0) is 23.3 Å². The molecule has 2 atom stereocenters. The molecule has 0 bridgehead atoms. The Morgan fingerprint density at radius 2 is 1.76 bits per heavy atom. The smallest absolute Gasteiger partial charge is 0.231 e. The zero-order valence-corrected chi connectivity index (χ0v) is 15.1. The van der Waals surface area contributed by atoms with Crippen molar-refractivity contribution in [3.8, 4) is 5.75 Å². The van der Waals surface area contributed by atoms with Gasteiger partial charge in [-0.15, -0.1) is 12.4 Å². The number of rotatable bonds is 6. The van der Waals surface area contributed by atoms with Crippen molar-refractivity contribution in [2.24, 2.45) is 5.73 Å². The van der Waals surface area contributed by atoms with Gasteiger partial charge in [-0.3, -0.25) is 0 Å². The molecular weight excluding hydrogens is 338 g/mol. The number of hydrogen-bond donors (Lipinski definition) is 1. The van der Waals surface area contributed by atoms with Gasteiger partial charge in [-0.2, -0.15) is 4.98 Å². The summed E-state index contributed by atoms with van der Waals surface area (Å²) in [5.41, 5.74) is 8.48. The number of halogens is 1. The maximum absolute atomic E-state index is 6.32. The van der Waals surface area contributed by atoms with Gasteiger partial charge in [-0.25, -0.2) is 0 Å². The van der Waals surface area contributed by atoms with Crippen molar-refractivity contribution in [2.75, 3.05) is 7.11 Å². The van der Waals surface area contributed by atoms with E-state index in [1.807, 2.05) is 61.5 Å². The second-order valence-electron chi connectivity index (χ2n) is 5.80. The third kappa shape index (κ3) is 4.59. The summed E-state index contributed by atoms with van der Waals surface area (Å²) in [7, 11) is 1.65. The van der Waals surface area contributed by atoms with Crippen molar-refractivity contribution >= 4 is 12.4 Å². The third-order valence-electron chi connectivity index (χ3n) is 4.12. The van der Waals surface area contributed by atoms with Crippen molar-refractivity contribution in [3.63, 3.8) is 0 Å². The Morgan fingerprint density at radius 1 is 1.08 bits per heavy atom. The molecule has 0 spiro atoms. The predicted molar refractivity (Wildman–Crippen MR) is 99.1 cm³/mol. The minimum atomic E-state index is -0.180. The molecule has 0 radical (unpaired) electrons. The summed E-state index contributed by atoms with van der Waals surface area (Å²) >= 11 is 0. The summed E-state index contributed by atoms with van der Waals surface area (Å²) in [4.78, 5) is 4.51. The fourth-order valence-electron chi connectivity index (χ4n) is 2.57. The van der Waals surface area contributed by atoms with Crippen molar-refractivity contribution < 1.29 is 9.26 Å². The van der Waals surface area contributed by atoms with Gasteiger partial charge in [0.05, 0.1) is 13.0 Å². The molecule has 0 saturated heterocycles. The van der Waals surface area contributed by atoms with Gasteiger partial charge in [0.15, 0.2) is 5.82 Å². The summed E-state index contributed by atoms with van der Waals surface area (Å²) < 4.78 is 10.6. The first-order valence-electron chi connectivity index (χ1n) is 7.93. The number of nitrogens with zero attached hydrogens (tertiary/aromatic N) is 2. The van der Waals surface area contributed by atoms with Crippen molar-refractivity contribution in [1.29, 1.82) is 0 Å². The van der Waals surface area contributed by atoms with Crippen LogP contribution in [0.25, 0.3) is 0 Å². The summed E-state index contributed by atoms with van der Waals surface area (Å²) in [6, 6.07) is 17.6. The van der Waals surface area contributed by atoms with Gasteiger partial charge in [0, 0.05) is 12.5 Å². The van der Waals surface area contributed by atoms with E-state index < -0.39 is 0 Å². The van der Waals surface area contributed by atoms with E-state index in [-0.39, 0.29) is 24.4 Å². The highest BCUT2D eigenvalue weighted by molar-refractivity contribution is 5.85. The SMILES string of the molecule is COc1ccc(Cc2noc(C(C)C(N)c3ccccc3)n2)cc1.Cl. The number of aromatic nitrogens is 2. The molecule has 0 aliphatic heterocycles. The molecule has 2 N–H and O–H groups in total. The number of ether oxygens (including phenoxy) is 1. The first-order valence-corrected chi connectivity index (χ1v) is 7.93. The van der Waals surface area contributed by atoms with E-state index in [0.717, 1.165) is 16.9 Å². The molecule has 132 valence electrons. The van der Waals surface area contributed by atoms with Gasteiger partial charge < -0.3 is 15.0 Å². The number of methoxy groups -OCH3 is 1. The molecule has 2 aromatic carbocycles. The molecule has 0 amide bonds. The lowest BCUT2D eigenvalue weighted by molar-refractivity contribution is 0.340. The molecule has 5 nitrogen and oxygen atoms in total. The van der Waals surface area contributed by atoms with Crippen LogP contribution in [0.15, 0.2) is 59.1 Å². The van der Waals surface area contributed by atoms with Crippen molar-refractivity contribution in [3.05, 3.63) is 77.4 Å². The monoisotopic (exact) mass is 359 g/mol. The maximum atomic E-state index is 6.32. The van der Waals surface area contributed by atoms with Crippen LogP contribution in [0.5, 0.6) is 5.75 Å². The quantitative estimate of drug-likeness (QED) is 0.722. The first kappa shape index (κ1) is 19.0. The van der Waals surface area contributed by atoms with Gasteiger partial charge in [0.25, 0.3) is 0 Å². The molecule has 0 saturated carbocycles. The molecule has 3 aromatic rings. The fraction of sp³-hybridized carbons (Fsp3) is 0.263. The molecule has 0 aliphatic carbocycles. The molecule has 0 aliphatic rings. The van der Waals surface area contributed by atoms with Crippen LogP contribution in [0.4, 0.5) is 0 Å². The Hall–Kier alpha value is -2.37. The van der Waals surface area contributed by atoms with Crippen LogP contribution < -0.4 is 10.5 Å². The second-order valence-corrected chi connectivity index (χ2v) is 5.80. The molecule has 6 heteroatoms. The van der Waals surface area contributed by atoms with Crippen LogP contribution in [0.1, 0.15) is 41.7 Å². The van der Waals surface area contributed by atoms with Gasteiger partial charge in [0.2, 0.25) is 5.89 Å². The van der Waals surface area contributed by atoms with E-state index in [2.05, 4.69) is 10.1 Å². The second kappa shape index (κ2) is 8.65. The summed E-state index contributed by atoms with van der Waals surface area (Å²) in [5, 5.41) is 4.08. The molecule has 2 unspecified atom stereocenters. The molecule has 3 rings (SSSR count).